The van der Waals surface area contributed by atoms with Gasteiger partial charge in [0, 0.05) is 25.1 Å². The summed E-state index contributed by atoms with van der Waals surface area (Å²) >= 11 is 0. The Morgan fingerprint density at radius 1 is 1.32 bits per heavy atom. The Hall–Kier alpha value is -2.04. The van der Waals surface area contributed by atoms with E-state index in [4.69, 9.17) is 9.84 Å². The topological polar surface area (TPSA) is 66.8 Å². The van der Waals surface area contributed by atoms with Crippen LogP contribution >= 0.6 is 0 Å². The van der Waals surface area contributed by atoms with E-state index in [1.165, 1.54) is 0 Å². The number of carboxylic acids is 1. The number of carbonyl (C=O) groups excluding carboxylic acids is 1. The Bertz CT molecular complexity index is 548. The molecule has 1 aliphatic rings. The van der Waals surface area contributed by atoms with Crippen LogP contribution < -0.4 is 4.74 Å². The smallest absolute Gasteiger partial charge is 0.303 e. The first-order valence-corrected chi connectivity index (χ1v) is 7.62. The summed E-state index contributed by atoms with van der Waals surface area (Å²) in [6.45, 7) is 3.28. The quantitative estimate of drug-likeness (QED) is 0.906. The van der Waals surface area contributed by atoms with E-state index in [9.17, 15) is 9.59 Å². The highest BCUT2D eigenvalue weighted by Crippen LogP contribution is 2.24. The monoisotopic (exact) mass is 305 g/mol. The Labute approximate surface area is 130 Å². The molecular formula is C17H23NO4. The fourth-order valence-corrected chi connectivity index (χ4v) is 2.95. The average molecular weight is 305 g/mol. The van der Waals surface area contributed by atoms with E-state index in [-0.39, 0.29) is 18.2 Å². The van der Waals surface area contributed by atoms with E-state index in [2.05, 4.69) is 0 Å². The number of hydrogen-bond acceptors (Lipinski definition) is 3. The molecule has 1 N–H and O–H groups in total. The van der Waals surface area contributed by atoms with Crippen LogP contribution in [0, 0.1) is 12.8 Å². The second-order valence-corrected chi connectivity index (χ2v) is 5.91. The molecule has 120 valence electrons. The Morgan fingerprint density at radius 2 is 2.00 bits per heavy atom. The van der Waals surface area contributed by atoms with Crippen molar-refractivity contribution >= 4 is 11.9 Å². The van der Waals surface area contributed by atoms with Crippen molar-refractivity contribution in [1.82, 2.24) is 4.90 Å². The molecular weight excluding hydrogens is 282 g/mol. The number of likely N-dealkylation sites (tertiary alicyclic amines) is 1. The molecule has 0 bridgehead atoms. The molecule has 1 aromatic rings. The summed E-state index contributed by atoms with van der Waals surface area (Å²) in [5.41, 5.74) is 2.00. The van der Waals surface area contributed by atoms with Crippen molar-refractivity contribution in [2.45, 2.75) is 32.6 Å². The zero-order chi connectivity index (χ0) is 16.1. The molecule has 0 radical (unpaired) electrons. The number of ether oxygens (including phenoxy) is 1. The normalized spacial score (nSPS) is 15.6. The second-order valence-electron chi connectivity index (χ2n) is 5.91. The first-order valence-electron chi connectivity index (χ1n) is 7.62. The van der Waals surface area contributed by atoms with Gasteiger partial charge in [0.25, 0.3) is 0 Å². The molecule has 1 amide bonds. The molecule has 0 saturated carbocycles. The fourth-order valence-electron chi connectivity index (χ4n) is 2.95. The van der Waals surface area contributed by atoms with Gasteiger partial charge in [0.05, 0.1) is 13.5 Å². The van der Waals surface area contributed by atoms with E-state index in [0.29, 0.717) is 19.5 Å². The number of carbonyl (C=O) groups is 2. The summed E-state index contributed by atoms with van der Waals surface area (Å²) in [7, 11) is 1.61. The fraction of sp³-hybridized carbons (Fsp3) is 0.529. The standard InChI is InChI=1S/C17H23NO4/c1-12-3-4-15(22-2)14(9-12)11-16(19)18-7-5-13(6-8-18)10-17(20)21/h3-4,9,13H,5-8,10-11H2,1-2H3,(H,20,21). The third kappa shape index (κ3) is 4.23. The summed E-state index contributed by atoms with van der Waals surface area (Å²) in [4.78, 5) is 25.0. The zero-order valence-corrected chi connectivity index (χ0v) is 13.2. The molecule has 0 unspecified atom stereocenters. The zero-order valence-electron chi connectivity index (χ0n) is 13.2. The van der Waals surface area contributed by atoms with Crippen LogP contribution in [0.5, 0.6) is 5.75 Å². The minimum absolute atomic E-state index is 0.0812. The predicted molar refractivity (Wildman–Crippen MR) is 83.0 cm³/mol. The van der Waals surface area contributed by atoms with Crippen LogP contribution in [0.1, 0.15) is 30.4 Å². The number of piperidine rings is 1. The van der Waals surface area contributed by atoms with Crippen molar-refractivity contribution in [3.05, 3.63) is 29.3 Å². The highest BCUT2D eigenvalue weighted by Gasteiger charge is 2.24. The number of nitrogens with zero attached hydrogens (tertiary/aromatic N) is 1. The van der Waals surface area contributed by atoms with Gasteiger partial charge in [-0.2, -0.15) is 0 Å². The van der Waals surface area contributed by atoms with Crippen LogP contribution in [0.25, 0.3) is 0 Å². The van der Waals surface area contributed by atoms with Gasteiger partial charge < -0.3 is 14.7 Å². The van der Waals surface area contributed by atoms with Crippen LogP contribution in [0.15, 0.2) is 18.2 Å². The molecule has 0 spiro atoms. The highest BCUT2D eigenvalue weighted by atomic mass is 16.5. The number of carboxylic acid groups (broad SMARTS) is 1. The van der Waals surface area contributed by atoms with Crippen LogP contribution in [0.4, 0.5) is 0 Å². The second kappa shape index (κ2) is 7.29. The van der Waals surface area contributed by atoms with E-state index in [1.54, 1.807) is 7.11 Å². The molecule has 1 aromatic carbocycles. The summed E-state index contributed by atoms with van der Waals surface area (Å²) in [6.07, 6.45) is 2.06. The molecule has 22 heavy (non-hydrogen) atoms. The number of rotatable bonds is 5. The summed E-state index contributed by atoms with van der Waals surface area (Å²) in [6, 6.07) is 5.83. The predicted octanol–water partition coefficient (Wildman–Crippen LogP) is 2.26. The van der Waals surface area contributed by atoms with E-state index < -0.39 is 5.97 Å². The lowest BCUT2D eigenvalue weighted by Crippen LogP contribution is -2.39. The minimum Gasteiger partial charge on any atom is -0.496 e. The van der Waals surface area contributed by atoms with E-state index >= 15 is 0 Å². The largest absolute Gasteiger partial charge is 0.496 e. The number of aryl methyl sites for hydroxylation is 1. The Morgan fingerprint density at radius 3 is 2.59 bits per heavy atom. The molecule has 5 nitrogen and oxygen atoms in total. The van der Waals surface area contributed by atoms with Crippen molar-refractivity contribution in [2.75, 3.05) is 20.2 Å². The van der Waals surface area contributed by atoms with E-state index in [1.807, 2.05) is 30.0 Å². The average Bonchev–Trinajstić information content (AvgIpc) is 2.47. The first kappa shape index (κ1) is 16.3. The summed E-state index contributed by atoms with van der Waals surface area (Å²) in [5, 5.41) is 8.82. The van der Waals surface area contributed by atoms with Gasteiger partial charge in [-0.25, -0.2) is 0 Å². The number of amides is 1. The summed E-state index contributed by atoms with van der Waals surface area (Å²) in [5.74, 6) is 0.252. The summed E-state index contributed by atoms with van der Waals surface area (Å²) < 4.78 is 5.31. The third-order valence-corrected chi connectivity index (χ3v) is 4.21. The molecule has 2 rings (SSSR count). The van der Waals surface area contributed by atoms with Crippen molar-refractivity contribution in [3.8, 4) is 5.75 Å². The lowest BCUT2D eigenvalue weighted by Gasteiger charge is -2.31. The van der Waals surface area contributed by atoms with Gasteiger partial charge in [-0.1, -0.05) is 17.7 Å². The van der Waals surface area contributed by atoms with Gasteiger partial charge in [0.15, 0.2) is 0 Å². The van der Waals surface area contributed by atoms with Crippen molar-refractivity contribution < 1.29 is 19.4 Å². The van der Waals surface area contributed by atoms with Gasteiger partial charge in [0.2, 0.25) is 5.91 Å². The molecule has 1 heterocycles. The van der Waals surface area contributed by atoms with E-state index in [0.717, 1.165) is 29.7 Å². The number of benzene rings is 1. The molecule has 0 aromatic heterocycles. The molecule has 1 aliphatic heterocycles. The number of aliphatic carboxylic acids is 1. The lowest BCUT2D eigenvalue weighted by molar-refractivity contribution is -0.138. The van der Waals surface area contributed by atoms with Gasteiger partial charge in [0.1, 0.15) is 5.75 Å². The van der Waals surface area contributed by atoms with Crippen LogP contribution in [-0.2, 0) is 16.0 Å². The van der Waals surface area contributed by atoms with Gasteiger partial charge in [-0.3, -0.25) is 9.59 Å². The number of methoxy groups -OCH3 is 1. The van der Waals surface area contributed by atoms with Crippen molar-refractivity contribution in [1.29, 1.82) is 0 Å². The first-order chi connectivity index (χ1) is 10.5. The minimum atomic E-state index is -0.755. The molecule has 1 fully saturated rings. The van der Waals surface area contributed by atoms with Crippen LogP contribution in [-0.4, -0.2) is 42.1 Å². The molecule has 5 heteroatoms. The highest BCUT2D eigenvalue weighted by molar-refractivity contribution is 5.79. The van der Waals surface area contributed by atoms with Gasteiger partial charge in [-0.05, 0) is 31.7 Å². The molecule has 0 aliphatic carbocycles. The SMILES string of the molecule is COc1ccc(C)cc1CC(=O)N1CCC(CC(=O)O)CC1. The maximum atomic E-state index is 12.4. The lowest BCUT2D eigenvalue weighted by atomic mass is 9.93. The Balaban J connectivity index is 1.94. The molecule has 0 atom stereocenters. The van der Waals surface area contributed by atoms with Crippen LogP contribution in [0.3, 0.4) is 0 Å². The molecule has 1 saturated heterocycles. The Kier molecular flexibility index (Phi) is 5.41. The van der Waals surface area contributed by atoms with Gasteiger partial charge >= 0.3 is 5.97 Å². The van der Waals surface area contributed by atoms with Crippen molar-refractivity contribution in [3.63, 3.8) is 0 Å². The third-order valence-electron chi connectivity index (χ3n) is 4.21. The van der Waals surface area contributed by atoms with Crippen molar-refractivity contribution in [2.24, 2.45) is 5.92 Å². The van der Waals surface area contributed by atoms with Crippen LogP contribution in [0.2, 0.25) is 0 Å². The maximum Gasteiger partial charge on any atom is 0.303 e. The maximum absolute atomic E-state index is 12.4. The van der Waals surface area contributed by atoms with Gasteiger partial charge in [-0.15, -0.1) is 0 Å². The number of hydrogen-bond donors (Lipinski definition) is 1.